The van der Waals surface area contributed by atoms with E-state index in [1.165, 1.54) is 0 Å². The highest BCUT2D eigenvalue weighted by molar-refractivity contribution is 6.28. The lowest BCUT2D eigenvalue weighted by Gasteiger charge is -2.10. The SMILES string of the molecule is O=C(CCl)CN1C(=O)C=CC1=O. The highest BCUT2D eigenvalue weighted by Gasteiger charge is 2.24. The van der Waals surface area contributed by atoms with E-state index < -0.39 is 11.8 Å². The van der Waals surface area contributed by atoms with Crippen molar-refractivity contribution in [2.75, 3.05) is 12.4 Å². The summed E-state index contributed by atoms with van der Waals surface area (Å²) in [6, 6.07) is 0. The van der Waals surface area contributed by atoms with Gasteiger partial charge in [-0.1, -0.05) is 0 Å². The summed E-state index contributed by atoms with van der Waals surface area (Å²) in [7, 11) is 0. The van der Waals surface area contributed by atoms with Crippen molar-refractivity contribution in [2.45, 2.75) is 0 Å². The molecule has 1 aliphatic rings. The van der Waals surface area contributed by atoms with Crippen molar-refractivity contribution in [2.24, 2.45) is 0 Å². The molecule has 1 aliphatic heterocycles. The van der Waals surface area contributed by atoms with E-state index in [1.807, 2.05) is 0 Å². The number of carbonyl (C=O) groups excluding carboxylic acids is 3. The van der Waals surface area contributed by atoms with Crippen LogP contribution in [0.2, 0.25) is 0 Å². The van der Waals surface area contributed by atoms with Gasteiger partial charge in [-0.05, 0) is 0 Å². The Morgan fingerprint density at radius 2 is 1.83 bits per heavy atom. The van der Waals surface area contributed by atoms with Gasteiger partial charge in [0.15, 0.2) is 5.78 Å². The highest BCUT2D eigenvalue weighted by Crippen LogP contribution is 2.02. The number of carbonyl (C=O) groups is 3. The zero-order valence-corrected chi connectivity index (χ0v) is 6.87. The Hall–Kier alpha value is -1.16. The van der Waals surface area contributed by atoms with Crippen LogP contribution in [-0.4, -0.2) is 34.9 Å². The van der Waals surface area contributed by atoms with Crippen LogP contribution in [0, 0.1) is 0 Å². The van der Waals surface area contributed by atoms with Gasteiger partial charge >= 0.3 is 0 Å². The number of Topliss-reactive ketones (excluding diaryl/α,β-unsaturated/α-hetero) is 1. The summed E-state index contributed by atoms with van der Waals surface area (Å²) in [4.78, 5) is 33.3. The second-order valence-corrected chi connectivity index (χ2v) is 2.54. The fourth-order valence-electron chi connectivity index (χ4n) is 0.806. The predicted molar refractivity (Wildman–Crippen MR) is 41.6 cm³/mol. The van der Waals surface area contributed by atoms with Gasteiger partial charge in [-0.25, -0.2) is 0 Å². The third-order valence-corrected chi connectivity index (χ3v) is 1.68. The standard InChI is InChI=1S/C7H6ClNO3/c8-3-5(10)4-9-6(11)1-2-7(9)12/h1-2H,3-4H2. The van der Waals surface area contributed by atoms with Crippen molar-refractivity contribution in [3.05, 3.63) is 12.2 Å². The largest absolute Gasteiger partial charge is 0.296 e. The van der Waals surface area contributed by atoms with E-state index in [-0.39, 0.29) is 18.2 Å². The monoisotopic (exact) mass is 187 g/mol. The third-order valence-electron chi connectivity index (χ3n) is 1.38. The maximum Gasteiger partial charge on any atom is 0.254 e. The summed E-state index contributed by atoms with van der Waals surface area (Å²) in [5, 5.41) is 0. The van der Waals surface area contributed by atoms with Crippen LogP contribution >= 0.6 is 11.6 Å². The molecule has 0 bridgehead atoms. The molecule has 0 spiro atoms. The minimum absolute atomic E-state index is 0.183. The van der Waals surface area contributed by atoms with Crippen LogP contribution in [0.15, 0.2) is 12.2 Å². The Balaban J connectivity index is 2.59. The average Bonchev–Trinajstić information content (AvgIpc) is 2.35. The van der Waals surface area contributed by atoms with Crippen LogP contribution in [0.1, 0.15) is 0 Å². The molecule has 1 rings (SSSR count). The normalized spacial score (nSPS) is 15.9. The van der Waals surface area contributed by atoms with E-state index >= 15 is 0 Å². The number of nitrogens with zero attached hydrogens (tertiary/aromatic N) is 1. The van der Waals surface area contributed by atoms with Crippen molar-refractivity contribution >= 4 is 29.2 Å². The summed E-state index contributed by atoms with van der Waals surface area (Å²) in [6.07, 6.45) is 2.26. The number of ketones is 1. The number of hydrogen-bond donors (Lipinski definition) is 0. The first kappa shape index (κ1) is 8.93. The maximum absolute atomic E-state index is 10.9. The van der Waals surface area contributed by atoms with E-state index in [0.29, 0.717) is 0 Å². The van der Waals surface area contributed by atoms with E-state index in [0.717, 1.165) is 17.1 Å². The van der Waals surface area contributed by atoms with Gasteiger partial charge in [-0.2, -0.15) is 0 Å². The van der Waals surface area contributed by atoms with Crippen LogP contribution in [0.25, 0.3) is 0 Å². The molecule has 0 N–H and O–H groups in total. The lowest BCUT2D eigenvalue weighted by Crippen LogP contribution is -2.35. The highest BCUT2D eigenvalue weighted by atomic mass is 35.5. The molecular formula is C7H6ClNO3. The van der Waals surface area contributed by atoms with Crippen molar-refractivity contribution < 1.29 is 14.4 Å². The molecule has 0 radical (unpaired) electrons. The molecule has 0 fully saturated rings. The molecule has 5 heteroatoms. The van der Waals surface area contributed by atoms with Gasteiger partial charge in [0.1, 0.15) is 0 Å². The van der Waals surface area contributed by atoms with Gasteiger partial charge in [0.2, 0.25) is 0 Å². The molecule has 64 valence electrons. The van der Waals surface area contributed by atoms with Crippen molar-refractivity contribution in [3.63, 3.8) is 0 Å². The molecule has 0 aromatic rings. The van der Waals surface area contributed by atoms with Gasteiger partial charge < -0.3 is 0 Å². The first-order valence-corrected chi connectivity index (χ1v) is 3.80. The van der Waals surface area contributed by atoms with Crippen LogP contribution < -0.4 is 0 Å². The fourth-order valence-corrected chi connectivity index (χ4v) is 0.890. The number of hydrogen-bond acceptors (Lipinski definition) is 3. The van der Waals surface area contributed by atoms with Crippen LogP contribution in [0.5, 0.6) is 0 Å². The molecular weight excluding hydrogens is 182 g/mol. The van der Waals surface area contributed by atoms with Gasteiger partial charge in [-0.3, -0.25) is 19.3 Å². The predicted octanol–water partition coefficient (Wildman–Crippen LogP) is -0.281. The first-order valence-electron chi connectivity index (χ1n) is 3.26. The van der Waals surface area contributed by atoms with E-state index in [4.69, 9.17) is 11.6 Å². The Labute approximate surface area is 73.8 Å². The minimum Gasteiger partial charge on any atom is -0.296 e. The summed E-state index contributed by atoms with van der Waals surface area (Å²) in [6.45, 7) is -0.228. The number of rotatable bonds is 3. The molecule has 0 aromatic heterocycles. The van der Waals surface area contributed by atoms with E-state index in [1.54, 1.807) is 0 Å². The van der Waals surface area contributed by atoms with Crippen LogP contribution in [0.3, 0.4) is 0 Å². The van der Waals surface area contributed by atoms with Gasteiger partial charge in [0.05, 0.1) is 12.4 Å². The molecule has 2 amide bonds. The molecule has 0 unspecified atom stereocenters. The van der Waals surface area contributed by atoms with Crippen LogP contribution in [-0.2, 0) is 14.4 Å². The molecule has 0 saturated heterocycles. The Kier molecular flexibility index (Phi) is 2.60. The lowest BCUT2D eigenvalue weighted by atomic mass is 10.4. The number of amides is 2. The second kappa shape index (κ2) is 3.49. The molecule has 0 atom stereocenters. The summed E-state index contributed by atoms with van der Waals surface area (Å²) in [5.41, 5.74) is 0. The topological polar surface area (TPSA) is 54.5 Å². The number of alkyl halides is 1. The molecule has 4 nitrogen and oxygen atoms in total. The minimum atomic E-state index is -0.460. The van der Waals surface area contributed by atoms with E-state index in [2.05, 4.69) is 0 Å². The van der Waals surface area contributed by atoms with Crippen molar-refractivity contribution in [3.8, 4) is 0 Å². The third kappa shape index (κ3) is 1.71. The van der Waals surface area contributed by atoms with Gasteiger partial charge in [-0.15, -0.1) is 11.6 Å². The van der Waals surface area contributed by atoms with Crippen molar-refractivity contribution in [1.29, 1.82) is 0 Å². The summed E-state index contributed by atoms with van der Waals surface area (Å²) < 4.78 is 0. The number of halogens is 1. The lowest BCUT2D eigenvalue weighted by molar-refractivity contribution is -0.140. The Bertz CT molecular complexity index is 254. The van der Waals surface area contributed by atoms with Gasteiger partial charge in [0.25, 0.3) is 11.8 Å². The summed E-state index contributed by atoms with van der Waals surface area (Å²) >= 11 is 5.21. The second-order valence-electron chi connectivity index (χ2n) is 2.27. The quantitative estimate of drug-likeness (QED) is 0.451. The molecule has 0 aliphatic carbocycles. The Morgan fingerprint density at radius 3 is 2.25 bits per heavy atom. The fraction of sp³-hybridized carbons (Fsp3) is 0.286. The van der Waals surface area contributed by atoms with E-state index in [9.17, 15) is 14.4 Å². The average molecular weight is 188 g/mol. The van der Waals surface area contributed by atoms with Gasteiger partial charge in [0, 0.05) is 12.2 Å². The zero-order valence-electron chi connectivity index (χ0n) is 6.12. The zero-order chi connectivity index (χ0) is 9.14. The molecule has 0 saturated carbocycles. The first-order chi connectivity index (χ1) is 5.65. The van der Waals surface area contributed by atoms with Crippen LogP contribution in [0.4, 0.5) is 0 Å². The molecule has 12 heavy (non-hydrogen) atoms. The summed E-state index contributed by atoms with van der Waals surface area (Å²) in [5.74, 6) is -1.45. The maximum atomic E-state index is 10.9. The molecule has 0 aromatic carbocycles. The smallest absolute Gasteiger partial charge is 0.254 e. The molecule has 1 heterocycles. The number of imide groups is 1. The Morgan fingerprint density at radius 1 is 1.33 bits per heavy atom. The van der Waals surface area contributed by atoms with Crippen molar-refractivity contribution in [1.82, 2.24) is 4.90 Å².